The van der Waals surface area contributed by atoms with Crippen molar-refractivity contribution in [2.75, 3.05) is 43.1 Å². The van der Waals surface area contributed by atoms with E-state index in [-0.39, 0.29) is 17.5 Å². The van der Waals surface area contributed by atoms with Gasteiger partial charge in [0.2, 0.25) is 0 Å². The van der Waals surface area contributed by atoms with Gasteiger partial charge in [0.15, 0.2) is 0 Å². The van der Waals surface area contributed by atoms with Crippen LogP contribution in [0, 0.1) is 5.92 Å². The highest BCUT2D eigenvalue weighted by Gasteiger charge is 2.29. The van der Waals surface area contributed by atoms with Crippen molar-refractivity contribution in [2.24, 2.45) is 5.92 Å². The Morgan fingerprint density at radius 3 is 2.45 bits per heavy atom. The third kappa shape index (κ3) is 11.0. The first kappa shape index (κ1) is 37.8. The van der Waals surface area contributed by atoms with Crippen molar-refractivity contribution in [2.45, 2.75) is 63.4 Å². The highest BCUT2D eigenvalue weighted by molar-refractivity contribution is 7.84. The van der Waals surface area contributed by atoms with Crippen LogP contribution in [0.15, 0.2) is 89.6 Å². The predicted octanol–water partition coefficient (Wildman–Crippen LogP) is 8.50. The van der Waals surface area contributed by atoms with Crippen molar-refractivity contribution in [3.8, 4) is 16.9 Å². The summed E-state index contributed by atoms with van der Waals surface area (Å²) >= 11 is 0. The second kappa shape index (κ2) is 17.7. The number of ether oxygens (including phenoxy) is 2. The minimum atomic E-state index is -4.41. The number of benzene rings is 3. The Balaban J connectivity index is 1.27. The smallest absolute Gasteiger partial charge is 0.406 e. The number of unbranched alkanes of at least 4 members (excludes halogenated alkanes) is 1. The third-order valence-electron chi connectivity index (χ3n) is 8.34. The number of alkyl halides is 3. The minimum Gasteiger partial charge on any atom is -0.491 e. The monoisotopic (exact) mass is 722 g/mol. The molecule has 5 rings (SSSR count). The van der Waals surface area contributed by atoms with Crippen LogP contribution in [0.2, 0.25) is 0 Å². The van der Waals surface area contributed by atoms with Crippen molar-refractivity contribution in [3.63, 3.8) is 0 Å². The van der Waals surface area contributed by atoms with Gasteiger partial charge >= 0.3 is 6.18 Å². The Morgan fingerprint density at radius 1 is 1.00 bits per heavy atom. The van der Waals surface area contributed by atoms with Crippen LogP contribution >= 0.6 is 0 Å². The van der Waals surface area contributed by atoms with Crippen LogP contribution in [0.3, 0.4) is 0 Å². The molecule has 51 heavy (non-hydrogen) atoms. The molecule has 0 bridgehead atoms. The van der Waals surface area contributed by atoms with Gasteiger partial charge in [-0.2, -0.15) is 13.2 Å². The SMILES string of the molecule is CCCCOCCOc1ccc(-c2ccc3c(c2)C=C(C(=O)Nc2ccc(S(=O)Cc4nccn4CC(F)(F)F)cc2)CCN3CC(C)C)cc1. The van der Waals surface area contributed by atoms with Crippen LogP contribution in [0.5, 0.6) is 5.75 Å². The van der Waals surface area contributed by atoms with Crippen molar-refractivity contribution in [3.05, 3.63) is 96.1 Å². The fraction of sp³-hybridized carbons (Fsp3) is 0.385. The fourth-order valence-electron chi connectivity index (χ4n) is 5.81. The average Bonchev–Trinajstić information content (AvgIpc) is 3.43. The van der Waals surface area contributed by atoms with E-state index in [1.165, 1.54) is 12.4 Å². The summed E-state index contributed by atoms with van der Waals surface area (Å²) in [6.07, 6.45) is 2.73. The van der Waals surface area contributed by atoms with Crippen LogP contribution in [0.4, 0.5) is 24.5 Å². The number of amides is 1. The van der Waals surface area contributed by atoms with Crippen molar-refractivity contribution in [1.29, 1.82) is 0 Å². The molecular formula is C39H45F3N4O4S. The quantitative estimate of drug-likeness (QED) is 0.117. The number of hydrogen-bond donors (Lipinski definition) is 1. The van der Waals surface area contributed by atoms with Gasteiger partial charge in [-0.3, -0.25) is 9.00 Å². The first-order chi connectivity index (χ1) is 24.5. The predicted molar refractivity (Wildman–Crippen MR) is 196 cm³/mol. The number of imidazole rings is 1. The summed E-state index contributed by atoms with van der Waals surface area (Å²) in [5.74, 6) is 0.889. The standard InChI is InChI=1S/C39H45F3N4O4S/c1-4-5-20-49-21-22-50-34-11-6-29(7-12-34)30-8-15-36-32(23-30)24-31(16-18-45(36)25-28(2)3)38(47)44-33-9-13-35(14-10-33)51(48)26-37-43-17-19-46(37)27-39(40,41)42/h6-15,17,19,23-24,28H,4-5,16,18,20-22,25-27H2,1-3H3,(H,44,47). The van der Waals surface area contributed by atoms with Crippen LogP contribution in [-0.4, -0.2) is 58.8 Å². The van der Waals surface area contributed by atoms with E-state index in [1.54, 1.807) is 24.3 Å². The summed E-state index contributed by atoms with van der Waals surface area (Å²) < 4.78 is 64.0. The van der Waals surface area contributed by atoms with E-state index >= 15 is 0 Å². The largest absolute Gasteiger partial charge is 0.491 e. The molecule has 8 nitrogen and oxygen atoms in total. The molecule has 0 saturated heterocycles. The normalized spacial score (nSPS) is 13.8. The van der Waals surface area contributed by atoms with Gasteiger partial charge in [0.05, 0.1) is 23.2 Å². The maximum absolute atomic E-state index is 13.6. The number of nitrogens with zero attached hydrogens (tertiary/aromatic N) is 3. The molecule has 4 aromatic rings. The van der Waals surface area contributed by atoms with E-state index < -0.39 is 23.5 Å². The molecule has 0 aliphatic carbocycles. The lowest BCUT2D eigenvalue weighted by molar-refractivity contribution is -0.141. The molecule has 1 N–H and O–H groups in total. The van der Waals surface area contributed by atoms with Gasteiger partial charge in [0, 0.05) is 53.9 Å². The lowest BCUT2D eigenvalue weighted by Crippen LogP contribution is -2.29. The first-order valence-electron chi connectivity index (χ1n) is 17.3. The second-order valence-electron chi connectivity index (χ2n) is 12.9. The molecule has 1 atom stereocenters. The Bertz CT molecular complexity index is 1800. The summed E-state index contributed by atoms with van der Waals surface area (Å²) in [7, 11) is -1.63. The van der Waals surface area contributed by atoms with Gasteiger partial charge in [-0.15, -0.1) is 0 Å². The van der Waals surface area contributed by atoms with E-state index in [0.717, 1.165) is 58.7 Å². The van der Waals surface area contributed by atoms with Gasteiger partial charge in [-0.1, -0.05) is 45.4 Å². The third-order valence-corrected chi connectivity index (χ3v) is 9.66. The number of carbonyl (C=O) groups excluding carboxylic acids is 1. The van der Waals surface area contributed by atoms with Crippen molar-refractivity contribution in [1.82, 2.24) is 9.55 Å². The van der Waals surface area contributed by atoms with Crippen LogP contribution in [-0.2, 0) is 32.6 Å². The molecule has 0 radical (unpaired) electrons. The summed E-state index contributed by atoms with van der Waals surface area (Å²) in [6, 6.07) is 20.8. The molecule has 3 aromatic carbocycles. The Hall–Kier alpha value is -4.42. The number of fused-ring (bicyclic) bond motifs is 1. The zero-order chi connectivity index (χ0) is 36.4. The Labute approximate surface area is 300 Å². The van der Waals surface area contributed by atoms with E-state index in [0.29, 0.717) is 48.3 Å². The Kier molecular flexibility index (Phi) is 13.1. The van der Waals surface area contributed by atoms with Gasteiger partial charge < -0.3 is 24.3 Å². The van der Waals surface area contributed by atoms with E-state index in [4.69, 9.17) is 9.47 Å². The number of carbonyl (C=O) groups is 1. The number of halogens is 3. The first-order valence-corrected chi connectivity index (χ1v) is 18.6. The minimum absolute atomic E-state index is 0.0864. The van der Waals surface area contributed by atoms with Crippen molar-refractivity contribution < 1.29 is 31.6 Å². The van der Waals surface area contributed by atoms with E-state index in [9.17, 15) is 22.2 Å². The highest BCUT2D eigenvalue weighted by Crippen LogP contribution is 2.34. The molecule has 12 heteroatoms. The maximum Gasteiger partial charge on any atom is 0.406 e. The van der Waals surface area contributed by atoms with Gasteiger partial charge in [0.1, 0.15) is 24.7 Å². The molecule has 1 unspecified atom stereocenters. The molecule has 0 spiro atoms. The molecule has 1 amide bonds. The van der Waals surface area contributed by atoms with Crippen LogP contribution < -0.4 is 15.0 Å². The molecule has 0 saturated carbocycles. The average molecular weight is 723 g/mol. The maximum atomic E-state index is 13.6. The number of rotatable bonds is 16. The lowest BCUT2D eigenvalue weighted by Gasteiger charge is -2.27. The van der Waals surface area contributed by atoms with Gasteiger partial charge in [0.25, 0.3) is 5.91 Å². The molecule has 1 aliphatic heterocycles. The number of nitrogens with one attached hydrogen (secondary N) is 1. The van der Waals surface area contributed by atoms with E-state index in [2.05, 4.69) is 54.2 Å². The molecule has 2 heterocycles. The fourth-order valence-corrected chi connectivity index (χ4v) is 6.89. The second-order valence-corrected chi connectivity index (χ2v) is 14.4. The molecule has 1 aromatic heterocycles. The Morgan fingerprint density at radius 2 is 1.75 bits per heavy atom. The molecule has 1 aliphatic rings. The summed E-state index contributed by atoms with van der Waals surface area (Å²) in [4.78, 5) is 20.3. The number of anilines is 2. The lowest BCUT2D eigenvalue weighted by atomic mass is 10.00. The van der Waals surface area contributed by atoms with Gasteiger partial charge in [-0.05, 0) is 90.1 Å². The zero-order valence-electron chi connectivity index (χ0n) is 29.2. The summed E-state index contributed by atoms with van der Waals surface area (Å²) in [5.41, 5.74) is 5.23. The number of hydrogen-bond acceptors (Lipinski definition) is 6. The van der Waals surface area contributed by atoms with Gasteiger partial charge in [-0.25, -0.2) is 4.98 Å². The number of aromatic nitrogens is 2. The summed E-state index contributed by atoms with van der Waals surface area (Å²) in [5, 5.41) is 2.97. The summed E-state index contributed by atoms with van der Waals surface area (Å²) in [6.45, 7) is 8.61. The van der Waals surface area contributed by atoms with Crippen molar-refractivity contribution >= 4 is 34.2 Å². The topological polar surface area (TPSA) is 85.7 Å². The molecule has 0 fully saturated rings. The molecular weight excluding hydrogens is 678 g/mol. The van der Waals surface area contributed by atoms with Crippen LogP contribution in [0.25, 0.3) is 17.2 Å². The highest BCUT2D eigenvalue weighted by atomic mass is 32.2. The van der Waals surface area contributed by atoms with E-state index in [1.807, 2.05) is 30.3 Å². The molecule has 272 valence electrons. The zero-order valence-corrected chi connectivity index (χ0v) is 30.1. The van der Waals surface area contributed by atoms with Crippen LogP contribution in [0.1, 0.15) is 51.4 Å².